The Hall–Kier alpha value is -4.80. The number of phenols is 7. The highest BCUT2D eigenvalue weighted by molar-refractivity contribution is 5.92. The molecule has 182 valence electrons. The van der Waals surface area contributed by atoms with Gasteiger partial charge in [0.05, 0.1) is 11.1 Å². The Morgan fingerprint density at radius 1 is 0.600 bits per heavy atom. The third-order valence-electron chi connectivity index (χ3n) is 5.57. The molecule has 7 N–H and O–H groups in total. The number of hydrogen-bond acceptors (Lipinski definition) is 11. The molecule has 0 unspecified atom stereocenters. The summed E-state index contributed by atoms with van der Waals surface area (Å²) in [6.07, 6.45) is -1.99. The summed E-state index contributed by atoms with van der Waals surface area (Å²) in [5.41, 5.74) is 0.793. The highest BCUT2D eigenvalue weighted by Gasteiger charge is 2.35. The van der Waals surface area contributed by atoms with Crippen molar-refractivity contribution < 1.29 is 54.8 Å². The number of esters is 2. The van der Waals surface area contributed by atoms with Crippen molar-refractivity contribution in [2.24, 2.45) is 0 Å². The molecule has 0 aromatic heterocycles. The SMILES string of the molecule is O=C(O[C@H]1Cc2cc(O)ccc2C[C@H]1OC(=O)c1cc(O)c(O)c(O)c1)c1cc(O)c(O)c(O)c1. The van der Waals surface area contributed by atoms with Crippen LogP contribution in [-0.4, -0.2) is 59.9 Å². The van der Waals surface area contributed by atoms with Crippen molar-refractivity contribution in [1.82, 2.24) is 0 Å². The topological polar surface area (TPSA) is 194 Å². The molecule has 35 heavy (non-hydrogen) atoms. The Morgan fingerprint density at radius 3 is 1.43 bits per heavy atom. The van der Waals surface area contributed by atoms with Crippen LogP contribution in [0.15, 0.2) is 42.5 Å². The zero-order chi connectivity index (χ0) is 25.4. The maximum Gasteiger partial charge on any atom is 0.338 e. The molecular formula is C24H20O11. The van der Waals surface area contributed by atoms with E-state index in [1.54, 1.807) is 6.07 Å². The second kappa shape index (κ2) is 8.86. The Morgan fingerprint density at radius 2 is 1.00 bits per heavy atom. The molecule has 0 amide bonds. The van der Waals surface area contributed by atoms with Gasteiger partial charge in [-0.25, -0.2) is 9.59 Å². The van der Waals surface area contributed by atoms with Gasteiger partial charge in [-0.15, -0.1) is 0 Å². The van der Waals surface area contributed by atoms with E-state index < -0.39 is 58.6 Å². The summed E-state index contributed by atoms with van der Waals surface area (Å²) in [7, 11) is 0. The summed E-state index contributed by atoms with van der Waals surface area (Å²) in [4.78, 5) is 25.4. The molecule has 0 spiro atoms. The number of ether oxygens (including phenoxy) is 2. The van der Waals surface area contributed by atoms with Crippen molar-refractivity contribution in [3.05, 3.63) is 64.7 Å². The largest absolute Gasteiger partial charge is 0.508 e. The molecule has 0 saturated carbocycles. The van der Waals surface area contributed by atoms with Gasteiger partial charge < -0.3 is 45.2 Å². The molecule has 3 aromatic carbocycles. The second-order valence-corrected chi connectivity index (χ2v) is 7.97. The number of carbonyl (C=O) groups is 2. The predicted octanol–water partition coefficient (Wildman–Crippen LogP) is 2.18. The molecule has 4 rings (SSSR count). The molecule has 0 heterocycles. The summed E-state index contributed by atoms with van der Waals surface area (Å²) < 4.78 is 11.0. The molecule has 0 saturated heterocycles. The Bertz CT molecular complexity index is 1290. The fraction of sp³-hybridized carbons (Fsp3) is 0.167. The van der Waals surface area contributed by atoms with E-state index in [1.807, 2.05) is 0 Å². The number of phenolic OH excluding ortho intramolecular Hbond substituents is 7. The van der Waals surface area contributed by atoms with Crippen LogP contribution in [-0.2, 0) is 22.3 Å². The summed E-state index contributed by atoms with van der Waals surface area (Å²) >= 11 is 0. The average molecular weight is 484 g/mol. The molecule has 0 fully saturated rings. The zero-order valence-corrected chi connectivity index (χ0v) is 17.9. The summed E-state index contributed by atoms with van der Waals surface area (Å²) in [5, 5.41) is 67.5. The first kappa shape index (κ1) is 23.4. The third kappa shape index (κ3) is 4.64. The number of rotatable bonds is 4. The highest BCUT2D eigenvalue weighted by Crippen LogP contribution is 2.37. The number of aromatic hydroxyl groups is 7. The minimum atomic E-state index is -1.07. The average Bonchev–Trinajstić information content (AvgIpc) is 2.80. The maximum atomic E-state index is 12.7. The van der Waals surface area contributed by atoms with Gasteiger partial charge in [0, 0.05) is 12.8 Å². The maximum absolute atomic E-state index is 12.7. The first-order valence-electron chi connectivity index (χ1n) is 10.3. The van der Waals surface area contributed by atoms with Crippen LogP contribution in [0.2, 0.25) is 0 Å². The summed E-state index contributed by atoms with van der Waals surface area (Å²) in [5.74, 6) is -6.58. The number of fused-ring (bicyclic) bond motifs is 1. The lowest BCUT2D eigenvalue weighted by Crippen LogP contribution is -2.41. The molecule has 0 bridgehead atoms. The van der Waals surface area contributed by atoms with Gasteiger partial charge >= 0.3 is 11.9 Å². The van der Waals surface area contributed by atoms with E-state index in [2.05, 4.69) is 0 Å². The van der Waals surface area contributed by atoms with Crippen LogP contribution < -0.4 is 0 Å². The minimum absolute atomic E-state index is 0.0207. The number of carbonyl (C=O) groups excluding carboxylic acids is 2. The Balaban J connectivity index is 1.62. The molecule has 3 aromatic rings. The zero-order valence-electron chi connectivity index (χ0n) is 17.9. The van der Waals surface area contributed by atoms with Gasteiger partial charge in [-0.3, -0.25) is 0 Å². The number of benzene rings is 3. The molecular weight excluding hydrogens is 464 g/mol. The number of hydrogen-bond donors (Lipinski definition) is 7. The normalized spacial score (nSPS) is 16.8. The predicted molar refractivity (Wildman–Crippen MR) is 117 cm³/mol. The highest BCUT2D eigenvalue weighted by atomic mass is 16.6. The van der Waals surface area contributed by atoms with E-state index in [0.717, 1.165) is 24.3 Å². The van der Waals surface area contributed by atoms with Gasteiger partial charge in [0.25, 0.3) is 0 Å². The molecule has 1 aliphatic carbocycles. The summed E-state index contributed by atoms with van der Waals surface area (Å²) in [6, 6.07) is 8.12. The quantitative estimate of drug-likeness (QED) is 0.212. The van der Waals surface area contributed by atoms with E-state index >= 15 is 0 Å². The lowest BCUT2D eigenvalue weighted by Gasteiger charge is -2.32. The van der Waals surface area contributed by atoms with Crippen molar-refractivity contribution in [2.75, 3.05) is 0 Å². The lowest BCUT2D eigenvalue weighted by atomic mass is 9.87. The van der Waals surface area contributed by atoms with E-state index in [9.17, 15) is 45.3 Å². The van der Waals surface area contributed by atoms with E-state index in [1.165, 1.54) is 12.1 Å². The second-order valence-electron chi connectivity index (χ2n) is 7.97. The van der Waals surface area contributed by atoms with Gasteiger partial charge in [-0.1, -0.05) is 6.07 Å². The fourth-order valence-corrected chi connectivity index (χ4v) is 3.79. The lowest BCUT2D eigenvalue weighted by molar-refractivity contribution is -0.0390. The molecule has 2 atom stereocenters. The van der Waals surface area contributed by atoms with Gasteiger partial charge in [0.1, 0.15) is 18.0 Å². The van der Waals surface area contributed by atoms with Crippen molar-refractivity contribution >= 4 is 11.9 Å². The van der Waals surface area contributed by atoms with Crippen molar-refractivity contribution in [3.63, 3.8) is 0 Å². The Labute approximate surface area is 197 Å². The van der Waals surface area contributed by atoms with Gasteiger partial charge in [-0.2, -0.15) is 0 Å². The standard InChI is InChI=1S/C24H20O11/c25-14-2-1-10-8-19(34-23(32)12-4-15(26)21(30)16(27)5-12)20(9-11(10)3-14)35-24(33)13-6-17(28)22(31)18(29)7-13/h1-7,19-20,25-31H,8-9H2/t19-,20+/m1/s1. The molecule has 1 aliphatic rings. The van der Waals surface area contributed by atoms with Gasteiger partial charge in [0.2, 0.25) is 0 Å². The third-order valence-corrected chi connectivity index (χ3v) is 5.57. The van der Waals surface area contributed by atoms with E-state index in [-0.39, 0.29) is 29.7 Å². The van der Waals surface area contributed by atoms with Crippen LogP contribution in [0, 0.1) is 0 Å². The van der Waals surface area contributed by atoms with Crippen LogP contribution in [0.25, 0.3) is 0 Å². The van der Waals surface area contributed by atoms with E-state index in [0.29, 0.717) is 11.1 Å². The van der Waals surface area contributed by atoms with E-state index in [4.69, 9.17) is 9.47 Å². The van der Waals surface area contributed by atoms with Crippen LogP contribution in [0.4, 0.5) is 0 Å². The van der Waals surface area contributed by atoms with Crippen molar-refractivity contribution in [1.29, 1.82) is 0 Å². The fourth-order valence-electron chi connectivity index (χ4n) is 3.79. The molecule has 0 aliphatic heterocycles. The van der Waals surface area contributed by atoms with Gasteiger partial charge in [0.15, 0.2) is 34.5 Å². The molecule has 0 radical (unpaired) electrons. The van der Waals surface area contributed by atoms with Gasteiger partial charge in [-0.05, 0) is 47.5 Å². The minimum Gasteiger partial charge on any atom is -0.508 e. The van der Waals surface area contributed by atoms with Crippen molar-refractivity contribution in [3.8, 4) is 40.2 Å². The van der Waals surface area contributed by atoms with Crippen LogP contribution in [0.3, 0.4) is 0 Å². The first-order chi connectivity index (χ1) is 16.5. The summed E-state index contributed by atoms with van der Waals surface area (Å²) in [6.45, 7) is 0. The van der Waals surface area contributed by atoms with Crippen LogP contribution >= 0.6 is 0 Å². The Kier molecular flexibility index (Phi) is 5.91. The first-order valence-corrected chi connectivity index (χ1v) is 10.3. The smallest absolute Gasteiger partial charge is 0.338 e. The van der Waals surface area contributed by atoms with Crippen LogP contribution in [0.5, 0.6) is 40.2 Å². The molecule has 11 nitrogen and oxygen atoms in total. The van der Waals surface area contributed by atoms with Crippen LogP contribution in [0.1, 0.15) is 31.8 Å². The van der Waals surface area contributed by atoms with Crippen molar-refractivity contribution in [2.45, 2.75) is 25.0 Å². The molecule has 11 heteroatoms. The monoisotopic (exact) mass is 484 g/mol.